The van der Waals surface area contributed by atoms with Gasteiger partial charge in [0, 0.05) is 19.7 Å². The maximum absolute atomic E-state index is 13.7. The van der Waals surface area contributed by atoms with Crippen LogP contribution >= 0.6 is 0 Å². The molecule has 3 N–H and O–H groups in total. The number of halogens is 1. The molecule has 1 aromatic carbocycles. The van der Waals surface area contributed by atoms with E-state index < -0.39 is 11.7 Å². The van der Waals surface area contributed by atoms with Gasteiger partial charge in [0.1, 0.15) is 5.82 Å². The van der Waals surface area contributed by atoms with Gasteiger partial charge in [-0.3, -0.25) is 4.79 Å². The minimum atomic E-state index is -0.476. The standard InChI is InChI=1S/C13H19FN2O2/c1-9-4-3-5-11(12(9)14)13(17)16-7-6-10(15)8-18-2/h3-5,10H,6-8,15H2,1-2H3,(H,16,17). The average Bonchev–Trinajstić information content (AvgIpc) is 2.33. The number of benzene rings is 1. The minimum Gasteiger partial charge on any atom is -0.383 e. The number of aryl methyl sites for hydroxylation is 1. The van der Waals surface area contributed by atoms with Gasteiger partial charge in [-0.25, -0.2) is 4.39 Å². The SMILES string of the molecule is COCC(N)CCNC(=O)c1cccc(C)c1F. The number of nitrogens with one attached hydrogen (secondary N) is 1. The fraction of sp³-hybridized carbons (Fsp3) is 0.462. The van der Waals surface area contributed by atoms with Crippen LogP contribution < -0.4 is 11.1 Å². The molecular formula is C13H19FN2O2. The van der Waals surface area contributed by atoms with E-state index in [1.807, 2.05) is 0 Å². The second-order valence-electron chi connectivity index (χ2n) is 4.20. The summed E-state index contributed by atoms with van der Waals surface area (Å²) in [5, 5.41) is 2.64. The van der Waals surface area contributed by atoms with E-state index in [1.54, 1.807) is 26.2 Å². The van der Waals surface area contributed by atoms with Gasteiger partial charge >= 0.3 is 0 Å². The maximum atomic E-state index is 13.7. The lowest BCUT2D eigenvalue weighted by atomic mass is 10.1. The van der Waals surface area contributed by atoms with Crippen LogP contribution in [-0.2, 0) is 4.74 Å². The van der Waals surface area contributed by atoms with Crippen molar-refractivity contribution in [1.82, 2.24) is 5.32 Å². The molecule has 4 nitrogen and oxygen atoms in total. The third kappa shape index (κ3) is 4.09. The summed E-state index contributed by atoms with van der Waals surface area (Å²) >= 11 is 0. The summed E-state index contributed by atoms with van der Waals surface area (Å²) in [6, 6.07) is 4.62. The van der Waals surface area contributed by atoms with Crippen LogP contribution in [0.15, 0.2) is 18.2 Å². The first-order chi connectivity index (χ1) is 8.56. The Morgan fingerprint density at radius 3 is 2.94 bits per heavy atom. The van der Waals surface area contributed by atoms with E-state index >= 15 is 0 Å². The molecule has 0 saturated heterocycles. The Balaban J connectivity index is 2.48. The van der Waals surface area contributed by atoms with Crippen molar-refractivity contribution in [2.45, 2.75) is 19.4 Å². The van der Waals surface area contributed by atoms with E-state index in [1.165, 1.54) is 6.07 Å². The summed E-state index contributed by atoms with van der Waals surface area (Å²) in [5.41, 5.74) is 6.24. The molecule has 0 aliphatic rings. The summed E-state index contributed by atoms with van der Waals surface area (Å²) in [6.07, 6.45) is 0.590. The molecule has 1 unspecified atom stereocenters. The van der Waals surface area contributed by atoms with Crippen LogP contribution in [0.5, 0.6) is 0 Å². The van der Waals surface area contributed by atoms with Crippen LogP contribution in [-0.4, -0.2) is 32.2 Å². The molecular weight excluding hydrogens is 235 g/mol. The fourth-order valence-electron chi connectivity index (χ4n) is 1.59. The lowest BCUT2D eigenvalue weighted by Gasteiger charge is -2.11. The Kier molecular flexibility index (Phi) is 5.74. The van der Waals surface area contributed by atoms with Gasteiger partial charge in [0.2, 0.25) is 0 Å². The topological polar surface area (TPSA) is 64.3 Å². The molecule has 0 saturated carbocycles. The molecule has 100 valence electrons. The van der Waals surface area contributed by atoms with Crippen molar-refractivity contribution in [2.75, 3.05) is 20.3 Å². The minimum absolute atomic E-state index is 0.0651. The van der Waals surface area contributed by atoms with E-state index in [2.05, 4.69) is 5.32 Å². The number of ether oxygens (including phenoxy) is 1. The molecule has 0 bridgehead atoms. The fourth-order valence-corrected chi connectivity index (χ4v) is 1.59. The van der Waals surface area contributed by atoms with Crippen molar-refractivity contribution in [3.05, 3.63) is 35.1 Å². The molecule has 18 heavy (non-hydrogen) atoms. The predicted molar refractivity (Wildman–Crippen MR) is 67.9 cm³/mol. The van der Waals surface area contributed by atoms with Crippen molar-refractivity contribution < 1.29 is 13.9 Å². The Morgan fingerprint density at radius 2 is 2.28 bits per heavy atom. The van der Waals surface area contributed by atoms with Gasteiger partial charge in [0.25, 0.3) is 5.91 Å². The second-order valence-corrected chi connectivity index (χ2v) is 4.20. The molecule has 1 amide bonds. The molecule has 5 heteroatoms. The number of amides is 1. The van der Waals surface area contributed by atoms with Gasteiger partial charge in [-0.2, -0.15) is 0 Å². The Bertz CT molecular complexity index is 410. The van der Waals surface area contributed by atoms with Gasteiger partial charge in [0.05, 0.1) is 12.2 Å². The number of carbonyl (C=O) groups excluding carboxylic acids is 1. The molecule has 0 aliphatic heterocycles. The quantitative estimate of drug-likeness (QED) is 0.802. The summed E-state index contributed by atoms with van der Waals surface area (Å²) in [5.74, 6) is -0.892. The molecule has 0 fully saturated rings. The highest BCUT2D eigenvalue weighted by molar-refractivity contribution is 5.94. The third-order valence-electron chi connectivity index (χ3n) is 2.62. The van der Waals surface area contributed by atoms with Crippen molar-refractivity contribution in [3.8, 4) is 0 Å². The molecule has 1 rings (SSSR count). The molecule has 0 spiro atoms. The van der Waals surface area contributed by atoms with Crippen molar-refractivity contribution in [1.29, 1.82) is 0 Å². The van der Waals surface area contributed by atoms with Crippen LogP contribution in [0.1, 0.15) is 22.3 Å². The Hall–Kier alpha value is -1.46. The molecule has 0 aliphatic carbocycles. The number of methoxy groups -OCH3 is 1. The highest BCUT2D eigenvalue weighted by Gasteiger charge is 2.12. The van der Waals surface area contributed by atoms with Crippen LogP contribution in [0.25, 0.3) is 0 Å². The third-order valence-corrected chi connectivity index (χ3v) is 2.62. The van der Waals surface area contributed by atoms with Gasteiger partial charge < -0.3 is 15.8 Å². The first kappa shape index (κ1) is 14.6. The number of nitrogens with two attached hydrogens (primary N) is 1. The van der Waals surface area contributed by atoms with Gasteiger partial charge in [-0.05, 0) is 25.0 Å². The molecule has 1 aromatic rings. The summed E-state index contributed by atoms with van der Waals surface area (Å²) < 4.78 is 18.5. The van der Waals surface area contributed by atoms with Gasteiger partial charge in [-0.1, -0.05) is 12.1 Å². The lowest BCUT2D eigenvalue weighted by Crippen LogP contribution is -2.33. The highest BCUT2D eigenvalue weighted by atomic mass is 19.1. The number of carbonyl (C=O) groups is 1. The number of hydrogen-bond donors (Lipinski definition) is 2. The Labute approximate surface area is 106 Å². The van der Waals surface area contributed by atoms with Crippen LogP contribution in [0.3, 0.4) is 0 Å². The first-order valence-corrected chi connectivity index (χ1v) is 5.84. The van der Waals surface area contributed by atoms with Crippen molar-refractivity contribution in [2.24, 2.45) is 5.73 Å². The molecule has 0 aromatic heterocycles. The van der Waals surface area contributed by atoms with Gasteiger partial charge in [0.15, 0.2) is 0 Å². The molecule has 0 radical (unpaired) electrons. The van der Waals surface area contributed by atoms with Crippen molar-refractivity contribution >= 4 is 5.91 Å². The average molecular weight is 254 g/mol. The first-order valence-electron chi connectivity index (χ1n) is 5.84. The van der Waals surface area contributed by atoms with E-state index in [0.717, 1.165) is 0 Å². The summed E-state index contributed by atoms with van der Waals surface area (Å²) in [7, 11) is 1.57. The van der Waals surface area contributed by atoms with Crippen molar-refractivity contribution in [3.63, 3.8) is 0 Å². The van der Waals surface area contributed by atoms with E-state index in [-0.39, 0.29) is 11.6 Å². The van der Waals surface area contributed by atoms with Gasteiger partial charge in [-0.15, -0.1) is 0 Å². The normalized spacial score (nSPS) is 12.2. The van der Waals surface area contributed by atoms with Crippen LogP contribution in [0.4, 0.5) is 4.39 Å². The second kappa shape index (κ2) is 7.08. The molecule has 1 atom stereocenters. The largest absolute Gasteiger partial charge is 0.383 e. The number of hydrogen-bond acceptors (Lipinski definition) is 3. The smallest absolute Gasteiger partial charge is 0.254 e. The van der Waals surface area contributed by atoms with Crippen LogP contribution in [0.2, 0.25) is 0 Å². The zero-order valence-corrected chi connectivity index (χ0v) is 10.7. The molecule has 0 heterocycles. The summed E-state index contributed by atoms with van der Waals surface area (Å²) in [4.78, 5) is 11.7. The van der Waals surface area contributed by atoms with E-state index in [0.29, 0.717) is 25.1 Å². The van der Waals surface area contributed by atoms with E-state index in [9.17, 15) is 9.18 Å². The summed E-state index contributed by atoms with van der Waals surface area (Å²) in [6.45, 7) is 2.46. The highest BCUT2D eigenvalue weighted by Crippen LogP contribution is 2.11. The Morgan fingerprint density at radius 1 is 1.56 bits per heavy atom. The zero-order valence-electron chi connectivity index (χ0n) is 10.7. The van der Waals surface area contributed by atoms with Crippen LogP contribution in [0, 0.1) is 12.7 Å². The predicted octanol–water partition coefficient (Wildman–Crippen LogP) is 1.23. The number of rotatable bonds is 6. The monoisotopic (exact) mass is 254 g/mol. The maximum Gasteiger partial charge on any atom is 0.254 e. The lowest BCUT2D eigenvalue weighted by molar-refractivity contribution is 0.0946. The zero-order chi connectivity index (χ0) is 13.5. The van der Waals surface area contributed by atoms with E-state index in [4.69, 9.17) is 10.5 Å².